The molecule has 1 amide bonds. The van der Waals surface area contributed by atoms with E-state index in [0.717, 1.165) is 16.6 Å². The van der Waals surface area contributed by atoms with E-state index in [4.69, 9.17) is 0 Å². The number of nitrogens with zero attached hydrogens (tertiary/aromatic N) is 2. The zero-order valence-electron chi connectivity index (χ0n) is 6.77. The summed E-state index contributed by atoms with van der Waals surface area (Å²) >= 11 is 0. The largest absolute Gasteiger partial charge is 0.329 e. The highest BCUT2D eigenvalue weighted by molar-refractivity contribution is 5.84. The number of aromatic nitrogens is 2. The summed E-state index contributed by atoms with van der Waals surface area (Å²) in [5.74, 6) is 0. The Morgan fingerprint density at radius 1 is 1.38 bits per heavy atom. The molecule has 0 saturated heterocycles. The first-order chi connectivity index (χ1) is 6.40. The number of benzene rings is 1. The van der Waals surface area contributed by atoms with Gasteiger partial charge in [0.25, 0.3) is 0 Å². The van der Waals surface area contributed by atoms with Crippen molar-refractivity contribution < 1.29 is 4.79 Å². The third-order valence-corrected chi connectivity index (χ3v) is 1.73. The Bertz CT molecular complexity index is 442. The molecule has 1 heterocycles. The number of nitrogens with one attached hydrogen (secondary N) is 1. The Hall–Kier alpha value is -1.97. The average Bonchev–Trinajstić information content (AvgIpc) is 2.18. The zero-order valence-corrected chi connectivity index (χ0v) is 6.77. The van der Waals surface area contributed by atoms with Crippen molar-refractivity contribution in [3.05, 3.63) is 30.7 Å². The molecule has 64 valence electrons. The van der Waals surface area contributed by atoms with Gasteiger partial charge in [-0.15, -0.1) is 0 Å². The molecular weight excluding hydrogens is 166 g/mol. The van der Waals surface area contributed by atoms with E-state index in [-0.39, 0.29) is 0 Å². The fraction of sp³-hybridized carbons (Fsp3) is 0. The van der Waals surface area contributed by atoms with E-state index in [1.54, 1.807) is 18.3 Å². The summed E-state index contributed by atoms with van der Waals surface area (Å²) < 4.78 is 0. The number of carbonyl (C=O) groups excluding carboxylic acids is 1. The molecular formula is C9H7N3O. The zero-order chi connectivity index (χ0) is 9.10. The maximum atomic E-state index is 10.2. The lowest BCUT2D eigenvalue weighted by Gasteiger charge is -1.99. The van der Waals surface area contributed by atoms with Crippen LogP contribution in [0.4, 0.5) is 5.69 Å². The summed E-state index contributed by atoms with van der Waals surface area (Å²) in [6.45, 7) is 0. The number of hydrogen-bond donors (Lipinski definition) is 1. The van der Waals surface area contributed by atoms with Gasteiger partial charge in [0.15, 0.2) is 0 Å². The monoisotopic (exact) mass is 173 g/mol. The SMILES string of the molecule is O=CNc1ccc2cncnc2c1. The lowest BCUT2D eigenvalue weighted by molar-refractivity contribution is -0.105. The highest BCUT2D eigenvalue weighted by Gasteiger charge is 1.95. The number of amides is 1. The smallest absolute Gasteiger partial charge is 0.211 e. The van der Waals surface area contributed by atoms with Crippen LogP contribution in [0.2, 0.25) is 0 Å². The van der Waals surface area contributed by atoms with Crippen molar-refractivity contribution in [1.82, 2.24) is 9.97 Å². The van der Waals surface area contributed by atoms with Gasteiger partial charge in [-0.2, -0.15) is 0 Å². The highest BCUT2D eigenvalue weighted by atomic mass is 16.1. The Balaban J connectivity index is 2.55. The van der Waals surface area contributed by atoms with Crippen molar-refractivity contribution in [2.45, 2.75) is 0 Å². The maximum Gasteiger partial charge on any atom is 0.211 e. The van der Waals surface area contributed by atoms with Crippen LogP contribution in [-0.4, -0.2) is 16.4 Å². The molecule has 0 unspecified atom stereocenters. The summed E-state index contributed by atoms with van der Waals surface area (Å²) in [7, 11) is 0. The molecule has 1 aromatic heterocycles. The molecule has 2 aromatic rings. The van der Waals surface area contributed by atoms with Gasteiger partial charge in [0.1, 0.15) is 6.33 Å². The second-order valence-electron chi connectivity index (χ2n) is 2.56. The molecule has 0 bridgehead atoms. The van der Waals surface area contributed by atoms with Crippen LogP contribution in [0.3, 0.4) is 0 Å². The molecule has 0 aliphatic rings. The first kappa shape index (κ1) is 7.67. The van der Waals surface area contributed by atoms with Gasteiger partial charge in [-0.3, -0.25) is 4.79 Å². The topological polar surface area (TPSA) is 54.9 Å². The minimum atomic E-state index is 0.641. The molecule has 0 atom stereocenters. The van der Waals surface area contributed by atoms with Crippen molar-refractivity contribution in [2.75, 3.05) is 5.32 Å². The lowest BCUT2D eigenvalue weighted by atomic mass is 10.2. The van der Waals surface area contributed by atoms with Gasteiger partial charge in [-0.05, 0) is 18.2 Å². The molecule has 13 heavy (non-hydrogen) atoms. The van der Waals surface area contributed by atoms with Gasteiger partial charge in [0.2, 0.25) is 6.41 Å². The molecule has 0 fully saturated rings. The van der Waals surface area contributed by atoms with Gasteiger partial charge >= 0.3 is 0 Å². The molecule has 0 aliphatic carbocycles. The summed E-state index contributed by atoms with van der Waals surface area (Å²) in [6.07, 6.45) is 3.85. The van der Waals surface area contributed by atoms with Gasteiger partial charge in [0.05, 0.1) is 5.52 Å². The summed E-state index contributed by atoms with van der Waals surface area (Å²) in [5, 5.41) is 3.52. The number of anilines is 1. The summed E-state index contributed by atoms with van der Waals surface area (Å²) in [4.78, 5) is 18.1. The molecule has 2 rings (SSSR count). The normalized spacial score (nSPS) is 9.85. The van der Waals surface area contributed by atoms with E-state index in [2.05, 4.69) is 15.3 Å². The molecule has 0 aliphatic heterocycles. The minimum Gasteiger partial charge on any atom is -0.329 e. The molecule has 1 aromatic carbocycles. The average molecular weight is 173 g/mol. The molecule has 0 spiro atoms. The predicted octanol–water partition coefficient (Wildman–Crippen LogP) is 1.20. The van der Waals surface area contributed by atoms with Crippen LogP contribution < -0.4 is 5.32 Å². The fourth-order valence-electron chi connectivity index (χ4n) is 1.13. The van der Waals surface area contributed by atoms with Crippen molar-refractivity contribution in [2.24, 2.45) is 0 Å². The van der Waals surface area contributed by atoms with Crippen molar-refractivity contribution in [3.63, 3.8) is 0 Å². The maximum absolute atomic E-state index is 10.2. The third-order valence-electron chi connectivity index (χ3n) is 1.73. The van der Waals surface area contributed by atoms with Crippen LogP contribution in [0.25, 0.3) is 10.9 Å². The summed E-state index contributed by atoms with van der Waals surface area (Å²) in [5.41, 5.74) is 1.56. The van der Waals surface area contributed by atoms with Crippen molar-refractivity contribution in [3.8, 4) is 0 Å². The predicted molar refractivity (Wildman–Crippen MR) is 49.2 cm³/mol. The first-order valence-corrected chi connectivity index (χ1v) is 3.80. The highest BCUT2D eigenvalue weighted by Crippen LogP contribution is 2.14. The molecule has 4 heteroatoms. The number of fused-ring (bicyclic) bond motifs is 1. The third kappa shape index (κ3) is 1.46. The van der Waals surface area contributed by atoms with Crippen LogP contribution in [0, 0.1) is 0 Å². The van der Waals surface area contributed by atoms with Crippen LogP contribution in [0.1, 0.15) is 0 Å². The van der Waals surface area contributed by atoms with Crippen molar-refractivity contribution >= 4 is 23.0 Å². The van der Waals surface area contributed by atoms with E-state index in [9.17, 15) is 4.79 Å². The van der Waals surface area contributed by atoms with E-state index >= 15 is 0 Å². The molecule has 4 nitrogen and oxygen atoms in total. The Kier molecular flexibility index (Phi) is 1.88. The second kappa shape index (κ2) is 3.18. The van der Waals surface area contributed by atoms with Crippen LogP contribution in [-0.2, 0) is 4.79 Å². The lowest BCUT2D eigenvalue weighted by Crippen LogP contribution is -1.93. The first-order valence-electron chi connectivity index (χ1n) is 3.80. The minimum absolute atomic E-state index is 0.641. The Morgan fingerprint density at radius 2 is 2.31 bits per heavy atom. The fourth-order valence-corrected chi connectivity index (χ4v) is 1.13. The van der Waals surface area contributed by atoms with Crippen LogP contribution >= 0.6 is 0 Å². The van der Waals surface area contributed by atoms with E-state index < -0.39 is 0 Å². The van der Waals surface area contributed by atoms with Crippen LogP contribution in [0.5, 0.6) is 0 Å². The molecule has 1 N–H and O–H groups in total. The molecule has 0 radical (unpaired) electrons. The second-order valence-corrected chi connectivity index (χ2v) is 2.56. The Labute approximate surface area is 74.6 Å². The van der Waals surface area contributed by atoms with E-state index in [1.165, 1.54) is 6.33 Å². The number of hydrogen-bond acceptors (Lipinski definition) is 3. The standard InChI is InChI=1S/C9H7N3O/c13-6-12-8-2-1-7-4-10-5-11-9(7)3-8/h1-6H,(H,12,13). The van der Waals surface area contributed by atoms with Crippen LogP contribution in [0.15, 0.2) is 30.7 Å². The molecule has 0 saturated carbocycles. The van der Waals surface area contributed by atoms with Gasteiger partial charge in [0, 0.05) is 17.3 Å². The van der Waals surface area contributed by atoms with E-state index in [1.807, 2.05) is 6.07 Å². The summed E-state index contributed by atoms with van der Waals surface area (Å²) in [6, 6.07) is 5.46. The number of carbonyl (C=O) groups is 1. The van der Waals surface area contributed by atoms with Crippen molar-refractivity contribution in [1.29, 1.82) is 0 Å². The quantitative estimate of drug-likeness (QED) is 0.694. The van der Waals surface area contributed by atoms with Gasteiger partial charge in [-0.1, -0.05) is 0 Å². The van der Waals surface area contributed by atoms with Gasteiger partial charge < -0.3 is 5.32 Å². The van der Waals surface area contributed by atoms with Gasteiger partial charge in [-0.25, -0.2) is 9.97 Å². The van der Waals surface area contributed by atoms with E-state index in [0.29, 0.717) is 6.41 Å². The number of rotatable bonds is 2. The Morgan fingerprint density at radius 3 is 3.15 bits per heavy atom.